The van der Waals surface area contributed by atoms with Crippen LogP contribution < -0.4 is 5.32 Å². The quantitative estimate of drug-likeness (QED) is 0.810. The zero-order valence-electron chi connectivity index (χ0n) is 13.1. The van der Waals surface area contributed by atoms with Crippen molar-refractivity contribution in [1.29, 1.82) is 0 Å². The zero-order chi connectivity index (χ0) is 17.3. The fraction of sp³-hybridized carbons (Fsp3) is 0.429. The fourth-order valence-corrected chi connectivity index (χ4v) is 5.28. The number of rotatable bonds is 4. The largest absolute Gasteiger partial charge is 0.390 e. The van der Waals surface area contributed by atoms with Crippen molar-refractivity contribution in [1.82, 2.24) is 19.4 Å². The normalized spacial score (nSPS) is 15.8. The first-order valence-electron chi connectivity index (χ1n) is 7.43. The molecule has 0 aliphatic carbocycles. The van der Waals surface area contributed by atoms with E-state index in [0.29, 0.717) is 30.1 Å². The summed E-state index contributed by atoms with van der Waals surface area (Å²) in [5.41, 5.74) is 1.28. The highest BCUT2D eigenvalue weighted by Gasteiger charge is 2.29. The summed E-state index contributed by atoms with van der Waals surface area (Å²) in [6.07, 6.45) is 0.630. The van der Waals surface area contributed by atoms with Crippen molar-refractivity contribution in [3.63, 3.8) is 0 Å². The average Bonchev–Trinajstić information content (AvgIpc) is 3.17. The molecule has 130 valence electrons. The van der Waals surface area contributed by atoms with Gasteiger partial charge < -0.3 is 10.4 Å². The van der Waals surface area contributed by atoms with E-state index in [1.165, 1.54) is 22.8 Å². The van der Waals surface area contributed by atoms with E-state index in [1.54, 1.807) is 10.7 Å². The number of aliphatic hydroxyl groups is 1. The minimum absolute atomic E-state index is 0.126. The molecule has 1 amide bonds. The van der Waals surface area contributed by atoms with Crippen LogP contribution in [0.2, 0.25) is 0 Å². The van der Waals surface area contributed by atoms with E-state index in [9.17, 15) is 18.3 Å². The maximum atomic E-state index is 12.9. The molecule has 0 saturated heterocycles. The van der Waals surface area contributed by atoms with Gasteiger partial charge in [0.2, 0.25) is 10.0 Å². The Morgan fingerprint density at radius 3 is 2.92 bits per heavy atom. The topological polar surface area (TPSA) is 105 Å². The van der Waals surface area contributed by atoms with Crippen LogP contribution in [0.4, 0.5) is 0 Å². The van der Waals surface area contributed by atoms with Gasteiger partial charge in [0.15, 0.2) is 0 Å². The Morgan fingerprint density at radius 1 is 1.42 bits per heavy atom. The maximum absolute atomic E-state index is 12.9. The van der Waals surface area contributed by atoms with Gasteiger partial charge >= 0.3 is 0 Å². The molecule has 2 N–H and O–H groups in total. The third-order valence-corrected chi connectivity index (χ3v) is 6.76. The Balaban J connectivity index is 1.89. The Bertz CT molecular complexity index is 856. The number of carbonyl (C=O) groups excluding carboxylic acids is 1. The van der Waals surface area contributed by atoms with Gasteiger partial charge in [0.25, 0.3) is 5.91 Å². The van der Waals surface area contributed by atoms with Gasteiger partial charge in [-0.1, -0.05) is 0 Å². The van der Waals surface area contributed by atoms with Crippen molar-refractivity contribution in [2.75, 3.05) is 13.6 Å². The van der Waals surface area contributed by atoms with Crippen molar-refractivity contribution >= 4 is 27.3 Å². The summed E-state index contributed by atoms with van der Waals surface area (Å²) in [4.78, 5) is 12.1. The molecule has 24 heavy (non-hydrogen) atoms. The smallest absolute Gasteiger partial charge is 0.261 e. The SMILES string of the molecule is CNC(=O)c1cc(S(=O)(=O)N2CCCn3nc(CO)cc3C2)cs1. The van der Waals surface area contributed by atoms with Crippen molar-refractivity contribution in [3.8, 4) is 0 Å². The summed E-state index contributed by atoms with van der Waals surface area (Å²) < 4.78 is 28.9. The first kappa shape index (κ1) is 17.1. The van der Waals surface area contributed by atoms with Crippen LogP contribution in [0.25, 0.3) is 0 Å². The molecule has 2 aromatic heterocycles. The van der Waals surface area contributed by atoms with Crippen molar-refractivity contribution < 1.29 is 18.3 Å². The lowest BCUT2D eigenvalue weighted by Crippen LogP contribution is -2.30. The second-order valence-corrected chi connectivity index (χ2v) is 8.28. The Hall–Kier alpha value is -1.75. The number of nitrogens with zero attached hydrogens (tertiary/aromatic N) is 3. The molecule has 0 unspecified atom stereocenters. The lowest BCUT2D eigenvalue weighted by Gasteiger charge is -2.18. The molecule has 0 spiro atoms. The number of fused-ring (bicyclic) bond motifs is 1. The van der Waals surface area contributed by atoms with Gasteiger partial charge in [0.1, 0.15) is 0 Å². The summed E-state index contributed by atoms with van der Waals surface area (Å²) >= 11 is 1.10. The van der Waals surface area contributed by atoms with Gasteiger partial charge in [-0.2, -0.15) is 9.40 Å². The van der Waals surface area contributed by atoms with E-state index < -0.39 is 10.0 Å². The Kier molecular flexibility index (Phi) is 4.72. The number of nitrogens with one attached hydrogen (secondary N) is 1. The van der Waals surface area contributed by atoms with Crippen LogP contribution in [0.5, 0.6) is 0 Å². The molecule has 3 heterocycles. The number of aryl methyl sites for hydroxylation is 1. The average molecular weight is 370 g/mol. The summed E-state index contributed by atoms with van der Waals surface area (Å²) in [5.74, 6) is -0.303. The lowest BCUT2D eigenvalue weighted by molar-refractivity contribution is 0.0967. The number of aliphatic hydroxyl groups excluding tert-OH is 1. The van der Waals surface area contributed by atoms with E-state index in [-0.39, 0.29) is 24.0 Å². The second-order valence-electron chi connectivity index (χ2n) is 5.43. The minimum Gasteiger partial charge on any atom is -0.390 e. The molecular formula is C14H18N4O4S2. The number of amides is 1. The molecule has 8 nitrogen and oxygen atoms in total. The summed E-state index contributed by atoms with van der Waals surface area (Å²) in [6, 6.07) is 3.12. The summed E-state index contributed by atoms with van der Waals surface area (Å²) in [7, 11) is -2.18. The van der Waals surface area contributed by atoms with E-state index >= 15 is 0 Å². The number of hydrogen-bond acceptors (Lipinski definition) is 6. The molecule has 0 saturated carbocycles. The number of carbonyl (C=O) groups is 1. The van der Waals surface area contributed by atoms with Crippen molar-refractivity contribution in [3.05, 3.63) is 33.8 Å². The van der Waals surface area contributed by atoms with Crippen LogP contribution in [-0.2, 0) is 29.7 Å². The van der Waals surface area contributed by atoms with Gasteiger partial charge in [0.05, 0.1) is 34.3 Å². The highest BCUT2D eigenvalue weighted by molar-refractivity contribution is 7.89. The first-order valence-corrected chi connectivity index (χ1v) is 9.75. The van der Waals surface area contributed by atoms with Crippen LogP contribution in [0.3, 0.4) is 0 Å². The molecule has 0 aromatic carbocycles. The number of sulfonamides is 1. The van der Waals surface area contributed by atoms with E-state index in [4.69, 9.17) is 0 Å². The van der Waals surface area contributed by atoms with Crippen LogP contribution in [0.1, 0.15) is 27.5 Å². The van der Waals surface area contributed by atoms with Crippen LogP contribution in [0, 0.1) is 0 Å². The number of hydrogen-bond donors (Lipinski definition) is 2. The van der Waals surface area contributed by atoms with Crippen LogP contribution >= 0.6 is 11.3 Å². The van der Waals surface area contributed by atoms with Crippen LogP contribution in [0.15, 0.2) is 22.4 Å². The molecular weight excluding hydrogens is 352 g/mol. The van der Waals surface area contributed by atoms with Gasteiger partial charge in [-0.3, -0.25) is 9.48 Å². The number of aromatic nitrogens is 2. The van der Waals surface area contributed by atoms with E-state index in [0.717, 1.165) is 17.0 Å². The van der Waals surface area contributed by atoms with Crippen molar-refractivity contribution in [2.45, 2.75) is 31.0 Å². The summed E-state index contributed by atoms with van der Waals surface area (Å²) in [6.45, 7) is 1.01. The van der Waals surface area contributed by atoms with E-state index in [1.807, 2.05) is 0 Å². The lowest BCUT2D eigenvalue weighted by atomic mass is 10.3. The predicted molar refractivity (Wildman–Crippen MR) is 88.1 cm³/mol. The van der Waals surface area contributed by atoms with Gasteiger partial charge in [-0.05, 0) is 18.6 Å². The third kappa shape index (κ3) is 3.09. The minimum atomic E-state index is -3.69. The van der Waals surface area contributed by atoms with Crippen LogP contribution in [-0.4, -0.2) is 47.1 Å². The van der Waals surface area contributed by atoms with Crippen molar-refractivity contribution in [2.24, 2.45) is 0 Å². The first-order chi connectivity index (χ1) is 11.5. The maximum Gasteiger partial charge on any atom is 0.261 e. The van der Waals surface area contributed by atoms with Gasteiger partial charge in [-0.25, -0.2) is 8.42 Å². The standard InChI is InChI=1S/C14H18N4O4S2/c1-15-14(20)13-6-12(9-23-13)24(21,22)17-3-2-4-18-11(7-17)5-10(8-19)16-18/h5-6,9,19H,2-4,7-8H2,1H3,(H,15,20). The Labute approximate surface area is 143 Å². The summed E-state index contributed by atoms with van der Waals surface area (Å²) in [5, 5.41) is 17.4. The zero-order valence-corrected chi connectivity index (χ0v) is 14.7. The molecule has 0 bridgehead atoms. The van der Waals surface area contributed by atoms with Gasteiger partial charge in [-0.15, -0.1) is 11.3 Å². The predicted octanol–water partition coefficient (Wildman–Crippen LogP) is 0.391. The fourth-order valence-electron chi connectivity index (χ4n) is 2.62. The molecule has 0 atom stereocenters. The molecule has 10 heteroatoms. The molecule has 3 rings (SSSR count). The molecule has 1 aliphatic heterocycles. The molecule has 0 fully saturated rings. The highest BCUT2D eigenvalue weighted by atomic mass is 32.2. The highest BCUT2D eigenvalue weighted by Crippen LogP contribution is 2.26. The monoisotopic (exact) mass is 370 g/mol. The second kappa shape index (κ2) is 6.63. The van der Waals surface area contributed by atoms with E-state index in [2.05, 4.69) is 10.4 Å². The third-order valence-electron chi connectivity index (χ3n) is 3.86. The molecule has 2 aromatic rings. The Morgan fingerprint density at radius 2 is 2.21 bits per heavy atom. The molecule has 0 radical (unpaired) electrons. The van der Waals surface area contributed by atoms with Gasteiger partial charge in [0, 0.05) is 25.5 Å². The molecule has 1 aliphatic rings. The number of thiophene rings is 1.